The van der Waals surface area contributed by atoms with Gasteiger partial charge in [0.25, 0.3) is 0 Å². The van der Waals surface area contributed by atoms with Crippen molar-refractivity contribution in [1.82, 2.24) is 4.98 Å². The van der Waals surface area contributed by atoms with Crippen LogP contribution in [0.3, 0.4) is 0 Å². The van der Waals surface area contributed by atoms with Gasteiger partial charge in [-0.3, -0.25) is 0 Å². The van der Waals surface area contributed by atoms with Crippen molar-refractivity contribution in [3.8, 4) is 11.6 Å². The van der Waals surface area contributed by atoms with Crippen LogP contribution in [-0.2, 0) is 6.42 Å². The van der Waals surface area contributed by atoms with Crippen LogP contribution in [0, 0.1) is 12.7 Å². The Morgan fingerprint density at radius 3 is 2.71 bits per heavy atom. The first-order chi connectivity index (χ1) is 9.97. The third kappa shape index (κ3) is 4.51. The van der Waals surface area contributed by atoms with Gasteiger partial charge in [0.1, 0.15) is 11.6 Å². The third-order valence-corrected chi connectivity index (χ3v) is 3.62. The fourth-order valence-electron chi connectivity index (χ4n) is 1.99. The van der Waals surface area contributed by atoms with Crippen molar-refractivity contribution in [2.45, 2.75) is 32.7 Å². The van der Waals surface area contributed by atoms with Gasteiger partial charge in [-0.2, -0.15) is 0 Å². The molecule has 2 aromatic rings. The third-order valence-electron chi connectivity index (χ3n) is 3.16. The van der Waals surface area contributed by atoms with Crippen LogP contribution < -0.4 is 10.5 Å². The fourth-order valence-corrected chi connectivity index (χ4v) is 2.43. The number of hydrogen-bond donors (Lipinski definition) is 1. The molecule has 0 saturated heterocycles. The predicted octanol–water partition coefficient (Wildman–Crippen LogP) is 4.36. The van der Waals surface area contributed by atoms with Gasteiger partial charge < -0.3 is 10.5 Å². The van der Waals surface area contributed by atoms with Gasteiger partial charge in [-0.25, -0.2) is 9.37 Å². The van der Waals surface area contributed by atoms with Crippen molar-refractivity contribution in [2.75, 3.05) is 0 Å². The lowest BCUT2D eigenvalue weighted by atomic mass is 10.1. The molecular formula is C16H18BrFN2O. The average Bonchev–Trinajstić information content (AvgIpc) is 2.40. The van der Waals surface area contributed by atoms with E-state index in [2.05, 4.69) is 27.8 Å². The highest BCUT2D eigenvalue weighted by atomic mass is 79.9. The zero-order valence-corrected chi connectivity index (χ0v) is 13.7. The van der Waals surface area contributed by atoms with Crippen LogP contribution in [-0.4, -0.2) is 11.0 Å². The summed E-state index contributed by atoms with van der Waals surface area (Å²) < 4.78 is 19.6. The number of halogens is 2. The number of hydrogen-bond acceptors (Lipinski definition) is 3. The van der Waals surface area contributed by atoms with Crippen molar-refractivity contribution >= 4 is 15.9 Å². The van der Waals surface area contributed by atoms with E-state index in [1.807, 2.05) is 13.0 Å². The van der Waals surface area contributed by atoms with E-state index in [9.17, 15) is 4.39 Å². The molecule has 1 atom stereocenters. The minimum absolute atomic E-state index is 0.136. The van der Waals surface area contributed by atoms with Crippen LogP contribution in [0.1, 0.15) is 24.5 Å². The van der Waals surface area contributed by atoms with Crippen molar-refractivity contribution in [3.05, 3.63) is 51.9 Å². The topological polar surface area (TPSA) is 48.1 Å². The van der Waals surface area contributed by atoms with E-state index in [0.29, 0.717) is 16.1 Å². The molecule has 1 aromatic carbocycles. The Morgan fingerprint density at radius 1 is 1.33 bits per heavy atom. The van der Waals surface area contributed by atoms with Gasteiger partial charge in [0.2, 0.25) is 5.88 Å². The van der Waals surface area contributed by atoms with Crippen molar-refractivity contribution in [3.63, 3.8) is 0 Å². The Kier molecular flexibility index (Phi) is 5.31. The molecule has 0 bridgehead atoms. The molecule has 0 aliphatic rings. The highest BCUT2D eigenvalue weighted by molar-refractivity contribution is 9.10. The molecule has 0 fully saturated rings. The smallest absolute Gasteiger partial charge is 0.222 e. The second-order valence-electron chi connectivity index (χ2n) is 5.05. The van der Waals surface area contributed by atoms with Gasteiger partial charge in [-0.15, -0.1) is 0 Å². The number of ether oxygens (including phenoxy) is 1. The first-order valence-electron chi connectivity index (χ1n) is 6.83. The number of aromatic nitrogens is 1. The number of nitrogens with zero attached hydrogens (tertiary/aromatic N) is 1. The Morgan fingerprint density at radius 2 is 2.10 bits per heavy atom. The van der Waals surface area contributed by atoms with Crippen LogP contribution >= 0.6 is 15.9 Å². The van der Waals surface area contributed by atoms with Crippen molar-refractivity contribution < 1.29 is 9.13 Å². The molecule has 0 amide bonds. The van der Waals surface area contributed by atoms with Gasteiger partial charge in [0.15, 0.2) is 0 Å². The molecule has 0 spiro atoms. The van der Waals surface area contributed by atoms with Crippen LogP contribution in [0.5, 0.6) is 11.6 Å². The standard InChI is InChI=1S/C16H18BrFN2O/c1-3-14(19)5-11-4-10(2)16(20-9-11)21-15-7-12(17)6-13(18)8-15/h4,6-9,14H,3,5,19H2,1-2H3. The van der Waals surface area contributed by atoms with Gasteiger partial charge >= 0.3 is 0 Å². The van der Waals surface area contributed by atoms with Gasteiger partial charge in [-0.1, -0.05) is 22.9 Å². The van der Waals surface area contributed by atoms with E-state index in [-0.39, 0.29) is 11.9 Å². The number of aryl methyl sites for hydroxylation is 1. The van der Waals surface area contributed by atoms with E-state index in [4.69, 9.17) is 10.5 Å². The van der Waals surface area contributed by atoms with E-state index in [0.717, 1.165) is 24.0 Å². The van der Waals surface area contributed by atoms with Crippen LogP contribution in [0.4, 0.5) is 4.39 Å². The van der Waals surface area contributed by atoms with Crippen LogP contribution in [0.25, 0.3) is 0 Å². The lowest BCUT2D eigenvalue weighted by Crippen LogP contribution is -2.21. The Labute approximate surface area is 132 Å². The number of rotatable bonds is 5. The molecule has 1 heterocycles. The second kappa shape index (κ2) is 7.00. The molecule has 2 N–H and O–H groups in total. The maximum Gasteiger partial charge on any atom is 0.222 e. The quantitative estimate of drug-likeness (QED) is 0.869. The van der Waals surface area contributed by atoms with E-state index >= 15 is 0 Å². The maximum absolute atomic E-state index is 13.3. The molecule has 112 valence electrons. The largest absolute Gasteiger partial charge is 0.439 e. The van der Waals surface area contributed by atoms with Crippen molar-refractivity contribution in [2.24, 2.45) is 5.73 Å². The summed E-state index contributed by atoms with van der Waals surface area (Å²) in [6, 6.07) is 6.55. The zero-order valence-electron chi connectivity index (χ0n) is 12.1. The monoisotopic (exact) mass is 352 g/mol. The molecule has 1 aromatic heterocycles. The lowest BCUT2D eigenvalue weighted by molar-refractivity contribution is 0.453. The lowest BCUT2D eigenvalue weighted by Gasteiger charge is -2.12. The summed E-state index contributed by atoms with van der Waals surface area (Å²) in [5, 5.41) is 0. The molecule has 0 aliphatic heterocycles. The minimum atomic E-state index is -0.359. The minimum Gasteiger partial charge on any atom is -0.439 e. The van der Waals surface area contributed by atoms with Gasteiger partial charge in [0, 0.05) is 28.3 Å². The summed E-state index contributed by atoms with van der Waals surface area (Å²) in [7, 11) is 0. The Balaban J connectivity index is 2.17. The summed E-state index contributed by atoms with van der Waals surface area (Å²) in [5.41, 5.74) is 7.92. The maximum atomic E-state index is 13.3. The van der Waals surface area contributed by atoms with E-state index in [1.54, 1.807) is 12.3 Å². The van der Waals surface area contributed by atoms with Crippen LogP contribution in [0.2, 0.25) is 0 Å². The molecular weight excluding hydrogens is 335 g/mol. The normalized spacial score (nSPS) is 12.2. The van der Waals surface area contributed by atoms with E-state index in [1.165, 1.54) is 12.1 Å². The van der Waals surface area contributed by atoms with E-state index < -0.39 is 0 Å². The summed E-state index contributed by atoms with van der Waals surface area (Å²) in [4.78, 5) is 4.30. The molecule has 5 heteroatoms. The summed E-state index contributed by atoms with van der Waals surface area (Å²) in [6.07, 6.45) is 3.47. The fraction of sp³-hybridized carbons (Fsp3) is 0.312. The predicted molar refractivity (Wildman–Crippen MR) is 85.1 cm³/mol. The molecule has 21 heavy (non-hydrogen) atoms. The summed E-state index contributed by atoms with van der Waals surface area (Å²) >= 11 is 3.24. The Hall–Kier alpha value is -1.46. The Bertz CT molecular complexity index is 613. The molecule has 0 aliphatic carbocycles. The first kappa shape index (κ1) is 15.9. The molecule has 3 nitrogen and oxygen atoms in total. The first-order valence-corrected chi connectivity index (χ1v) is 7.62. The summed E-state index contributed by atoms with van der Waals surface area (Å²) in [6.45, 7) is 3.97. The number of benzene rings is 1. The molecule has 0 saturated carbocycles. The van der Waals surface area contributed by atoms with Crippen LogP contribution in [0.15, 0.2) is 34.9 Å². The summed E-state index contributed by atoms with van der Waals surface area (Å²) in [5.74, 6) is 0.527. The molecule has 1 unspecified atom stereocenters. The second-order valence-corrected chi connectivity index (χ2v) is 5.96. The van der Waals surface area contributed by atoms with Gasteiger partial charge in [0.05, 0.1) is 0 Å². The highest BCUT2D eigenvalue weighted by Crippen LogP contribution is 2.27. The SMILES string of the molecule is CCC(N)Cc1cnc(Oc2cc(F)cc(Br)c2)c(C)c1. The molecule has 2 rings (SSSR count). The zero-order chi connectivity index (χ0) is 15.4. The number of nitrogens with two attached hydrogens (primary N) is 1. The average molecular weight is 353 g/mol. The highest BCUT2D eigenvalue weighted by Gasteiger charge is 2.08. The van der Waals surface area contributed by atoms with Crippen molar-refractivity contribution in [1.29, 1.82) is 0 Å². The number of pyridine rings is 1. The van der Waals surface area contributed by atoms with Gasteiger partial charge in [-0.05, 0) is 43.5 Å². The molecule has 0 radical (unpaired) electrons.